The molecule has 0 amide bonds. The van der Waals surface area contributed by atoms with Gasteiger partial charge in [-0.3, -0.25) is 0 Å². The number of rotatable bonds is 4. The smallest absolute Gasteiger partial charge is 0.372 e. The number of carbonyl (C=O) groups is 1. The topological polar surface area (TPSA) is 69.4 Å². The normalized spacial score (nSPS) is 13.5. The van der Waals surface area contributed by atoms with Crippen LogP contribution in [-0.4, -0.2) is 12.0 Å². The Hall–Kier alpha value is -0.470. The Balaban J connectivity index is 3.72. The zero-order valence-electron chi connectivity index (χ0n) is 6.61. The fraction of sp³-hybridized carbons (Fsp3) is 0.833. The van der Waals surface area contributed by atoms with Crippen LogP contribution in [0.25, 0.3) is 0 Å². The molecule has 0 radical (unpaired) electrons. The van der Waals surface area contributed by atoms with E-state index in [0.29, 0.717) is 12.3 Å². The Labute approximate surface area is 67.4 Å². The Morgan fingerprint density at radius 1 is 1.64 bits per heavy atom. The molecule has 0 aliphatic heterocycles. The predicted octanol–water partition coefficient (Wildman–Crippen LogP) is 1.11. The molecule has 0 aromatic rings. The van der Waals surface area contributed by atoms with Gasteiger partial charge in [0.2, 0.25) is 0 Å². The van der Waals surface area contributed by atoms with Crippen molar-refractivity contribution in [1.29, 1.82) is 0 Å². The van der Waals surface area contributed by atoms with Crippen LogP contribution in [0.1, 0.15) is 20.3 Å². The largest absolute Gasteiger partial charge is 0.398 e. The number of nitrogens with two attached hydrogens (primary N) is 1. The van der Waals surface area contributed by atoms with Crippen LogP contribution in [0.2, 0.25) is 0 Å². The van der Waals surface area contributed by atoms with Gasteiger partial charge in [0.05, 0.1) is 0 Å². The predicted molar refractivity (Wildman–Crippen MR) is 41.1 cm³/mol. The first-order chi connectivity index (χ1) is 5.07. The van der Waals surface area contributed by atoms with Crippen LogP contribution in [-0.2, 0) is 13.9 Å². The van der Waals surface area contributed by atoms with E-state index in [-0.39, 0.29) is 0 Å². The van der Waals surface area contributed by atoms with E-state index in [0.717, 1.165) is 0 Å². The van der Waals surface area contributed by atoms with E-state index >= 15 is 0 Å². The van der Waals surface area contributed by atoms with Gasteiger partial charge >= 0.3 is 14.7 Å². The first kappa shape index (κ1) is 10.5. The van der Waals surface area contributed by atoms with Crippen LogP contribution >= 0.6 is 8.69 Å². The highest BCUT2D eigenvalue weighted by atomic mass is 31.1. The van der Waals surface area contributed by atoms with Crippen LogP contribution in [0.5, 0.6) is 0 Å². The quantitative estimate of drug-likeness (QED) is 0.653. The Kier molecular flexibility index (Phi) is 4.99. The lowest BCUT2D eigenvalue weighted by atomic mass is 10.1. The van der Waals surface area contributed by atoms with Gasteiger partial charge in [0, 0.05) is 0 Å². The molecule has 0 heterocycles. The molecule has 1 atom stereocenters. The lowest BCUT2D eigenvalue weighted by Crippen LogP contribution is -2.31. The second-order valence-electron chi connectivity index (χ2n) is 2.72. The molecule has 0 aliphatic rings. The van der Waals surface area contributed by atoms with Crippen LogP contribution in [0.15, 0.2) is 0 Å². The van der Waals surface area contributed by atoms with Gasteiger partial charge in [-0.05, 0) is 12.3 Å². The second-order valence-corrected chi connectivity index (χ2v) is 3.05. The van der Waals surface area contributed by atoms with Crippen molar-refractivity contribution >= 4 is 14.7 Å². The molecule has 2 N–H and O–H groups in total. The zero-order chi connectivity index (χ0) is 8.85. The summed E-state index contributed by atoms with van der Waals surface area (Å²) < 4.78 is 14.0. The summed E-state index contributed by atoms with van der Waals surface area (Å²) in [6.07, 6.45) is 0.550. The van der Waals surface area contributed by atoms with E-state index in [2.05, 4.69) is 4.52 Å². The van der Waals surface area contributed by atoms with Crippen LogP contribution in [0, 0.1) is 5.92 Å². The SMILES string of the molecule is CC(C)C[C@H](N)C(=O)OP=O. The Bertz CT molecular complexity index is 149. The van der Waals surface area contributed by atoms with Crippen molar-refractivity contribution in [3.63, 3.8) is 0 Å². The lowest BCUT2D eigenvalue weighted by Gasteiger charge is -2.09. The summed E-state index contributed by atoms with van der Waals surface area (Å²) in [6.45, 7) is 3.89. The van der Waals surface area contributed by atoms with Crippen LogP contribution in [0.3, 0.4) is 0 Å². The highest BCUT2D eigenvalue weighted by molar-refractivity contribution is 7.18. The van der Waals surface area contributed by atoms with Crippen molar-refractivity contribution in [2.24, 2.45) is 11.7 Å². The third-order valence-corrected chi connectivity index (χ3v) is 1.41. The lowest BCUT2D eigenvalue weighted by molar-refractivity contribution is -0.135. The molecule has 0 aromatic heterocycles. The molecule has 0 aromatic carbocycles. The fourth-order valence-electron chi connectivity index (χ4n) is 0.709. The summed E-state index contributed by atoms with van der Waals surface area (Å²) in [4.78, 5) is 10.7. The molecule has 0 bridgehead atoms. The van der Waals surface area contributed by atoms with Crippen molar-refractivity contribution in [2.75, 3.05) is 0 Å². The zero-order valence-corrected chi connectivity index (χ0v) is 7.51. The Morgan fingerprint density at radius 3 is 2.55 bits per heavy atom. The van der Waals surface area contributed by atoms with Gasteiger partial charge < -0.3 is 10.3 Å². The van der Waals surface area contributed by atoms with E-state index in [9.17, 15) is 9.36 Å². The fourth-order valence-corrected chi connectivity index (χ4v) is 0.917. The standard InChI is InChI=1S/C6H12NO3P/c1-4(2)3-5(7)6(8)10-11-9/h4-5H,3,7H2,1-2H3/t5-/m0/s1. The van der Waals surface area contributed by atoms with Crippen molar-refractivity contribution in [3.8, 4) is 0 Å². The molecular weight excluding hydrogens is 165 g/mol. The van der Waals surface area contributed by atoms with E-state index in [4.69, 9.17) is 5.73 Å². The molecule has 64 valence electrons. The summed E-state index contributed by atoms with van der Waals surface area (Å²) in [5, 5.41) is 0. The van der Waals surface area contributed by atoms with Gasteiger partial charge in [-0.1, -0.05) is 13.8 Å². The molecule has 0 fully saturated rings. The van der Waals surface area contributed by atoms with Gasteiger partial charge in [-0.15, -0.1) is 0 Å². The molecule has 5 heteroatoms. The van der Waals surface area contributed by atoms with Crippen molar-refractivity contribution in [2.45, 2.75) is 26.3 Å². The third-order valence-electron chi connectivity index (χ3n) is 1.16. The van der Waals surface area contributed by atoms with Gasteiger partial charge in [-0.25, -0.2) is 9.36 Å². The summed E-state index contributed by atoms with van der Waals surface area (Å²) in [6, 6.07) is -0.656. The minimum absolute atomic E-state index is 0.334. The highest BCUT2D eigenvalue weighted by Crippen LogP contribution is 2.06. The first-order valence-electron chi connectivity index (χ1n) is 3.37. The molecule has 4 nitrogen and oxygen atoms in total. The molecule has 0 aliphatic carbocycles. The van der Waals surface area contributed by atoms with Crippen molar-refractivity contribution < 1.29 is 13.9 Å². The van der Waals surface area contributed by atoms with Crippen molar-refractivity contribution in [1.82, 2.24) is 0 Å². The summed E-state index contributed by atoms with van der Waals surface area (Å²) in [5.41, 5.74) is 5.39. The Morgan fingerprint density at radius 2 is 2.18 bits per heavy atom. The van der Waals surface area contributed by atoms with E-state index in [1.54, 1.807) is 0 Å². The molecule has 0 unspecified atom stereocenters. The molecule has 0 saturated carbocycles. The maximum absolute atomic E-state index is 10.7. The summed E-state index contributed by atoms with van der Waals surface area (Å²) in [7, 11) is -0.633. The highest BCUT2D eigenvalue weighted by Gasteiger charge is 2.16. The maximum atomic E-state index is 10.7. The second kappa shape index (κ2) is 5.22. The van der Waals surface area contributed by atoms with Gasteiger partial charge in [-0.2, -0.15) is 0 Å². The molecule has 0 spiro atoms. The van der Waals surface area contributed by atoms with Crippen LogP contribution < -0.4 is 5.73 Å². The summed E-state index contributed by atoms with van der Waals surface area (Å²) >= 11 is 0. The van der Waals surface area contributed by atoms with Crippen molar-refractivity contribution in [3.05, 3.63) is 0 Å². The number of hydrogen-bond acceptors (Lipinski definition) is 4. The maximum Gasteiger partial charge on any atom is 0.398 e. The minimum Gasteiger partial charge on any atom is -0.372 e. The molecular formula is C6H12NO3P. The van der Waals surface area contributed by atoms with Gasteiger partial charge in [0.25, 0.3) is 0 Å². The van der Waals surface area contributed by atoms with E-state index in [1.807, 2.05) is 13.8 Å². The van der Waals surface area contributed by atoms with Gasteiger partial charge in [0.15, 0.2) is 0 Å². The number of carbonyl (C=O) groups excluding carboxylic acids is 1. The van der Waals surface area contributed by atoms with Gasteiger partial charge in [0.1, 0.15) is 6.04 Å². The molecule has 0 rings (SSSR count). The van der Waals surface area contributed by atoms with Crippen LogP contribution in [0.4, 0.5) is 0 Å². The molecule has 11 heavy (non-hydrogen) atoms. The average Bonchev–Trinajstić information content (AvgIpc) is 1.86. The third kappa shape index (κ3) is 4.87. The molecule has 0 saturated heterocycles. The first-order valence-corrected chi connectivity index (χ1v) is 4.10. The minimum atomic E-state index is -0.656. The average molecular weight is 177 g/mol. The van der Waals surface area contributed by atoms with E-state index in [1.165, 1.54) is 0 Å². The number of hydrogen-bond donors (Lipinski definition) is 1. The van der Waals surface area contributed by atoms with E-state index < -0.39 is 20.7 Å². The monoisotopic (exact) mass is 177 g/mol. The summed E-state index contributed by atoms with van der Waals surface area (Å²) in [5.74, 6) is -0.281.